The molecule has 0 aromatic rings. The van der Waals surface area contributed by atoms with Crippen LogP contribution in [0.15, 0.2) is 0 Å². The van der Waals surface area contributed by atoms with Crippen molar-refractivity contribution in [2.75, 3.05) is 19.6 Å². The molecule has 2 heteroatoms. The van der Waals surface area contributed by atoms with Crippen molar-refractivity contribution in [2.45, 2.75) is 32.2 Å². The SMILES string of the molecule is CC1CN(C2(CN)CCC2C)C1. The Hall–Kier alpha value is -0.0800. The minimum Gasteiger partial charge on any atom is -0.329 e. The Bertz CT molecular complexity index is 171. The molecule has 1 aliphatic carbocycles. The normalized spacial score (nSPS) is 43.8. The van der Waals surface area contributed by atoms with E-state index in [-0.39, 0.29) is 0 Å². The maximum absolute atomic E-state index is 5.87. The minimum absolute atomic E-state index is 0.409. The van der Waals surface area contributed by atoms with E-state index >= 15 is 0 Å². The molecule has 1 saturated heterocycles. The molecule has 0 radical (unpaired) electrons. The van der Waals surface area contributed by atoms with E-state index in [1.54, 1.807) is 0 Å². The molecule has 2 rings (SSSR count). The van der Waals surface area contributed by atoms with Crippen LogP contribution in [0.2, 0.25) is 0 Å². The Labute approximate surface area is 75.1 Å². The summed E-state index contributed by atoms with van der Waals surface area (Å²) >= 11 is 0. The van der Waals surface area contributed by atoms with Gasteiger partial charge in [-0.05, 0) is 24.7 Å². The summed E-state index contributed by atoms with van der Waals surface area (Å²) in [5, 5.41) is 0. The first-order chi connectivity index (χ1) is 5.69. The lowest BCUT2D eigenvalue weighted by molar-refractivity contribution is -0.0887. The number of hydrogen-bond donors (Lipinski definition) is 1. The van der Waals surface area contributed by atoms with E-state index in [1.165, 1.54) is 25.9 Å². The number of hydrogen-bond acceptors (Lipinski definition) is 2. The van der Waals surface area contributed by atoms with Crippen LogP contribution in [-0.4, -0.2) is 30.1 Å². The van der Waals surface area contributed by atoms with Gasteiger partial charge in [0.15, 0.2) is 0 Å². The third-order valence-corrected chi connectivity index (χ3v) is 3.97. The van der Waals surface area contributed by atoms with Crippen LogP contribution in [0.1, 0.15) is 26.7 Å². The molecule has 0 bridgehead atoms. The second-order valence-corrected chi connectivity index (χ2v) is 4.76. The molecule has 12 heavy (non-hydrogen) atoms. The van der Waals surface area contributed by atoms with Crippen molar-refractivity contribution < 1.29 is 0 Å². The van der Waals surface area contributed by atoms with Gasteiger partial charge in [-0.3, -0.25) is 4.90 Å². The number of likely N-dealkylation sites (tertiary alicyclic amines) is 1. The Morgan fingerprint density at radius 1 is 1.42 bits per heavy atom. The van der Waals surface area contributed by atoms with Crippen LogP contribution in [0.4, 0.5) is 0 Å². The fourth-order valence-corrected chi connectivity index (χ4v) is 2.73. The van der Waals surface area contributed by atoms with Crippen LogP contribution in [0.25, 0.3) is 0 Å². The van der Waals surface area contributed by atoms with Crippen LogP contribution in [-0.2, 0) is 0 Å². The molecule has 2 unspecified atom stereocenters. The Kier molecular flexibility index (Phi) is 1.92. The molecular weight excluding hydrogens is 148 g/mol. The van der Waals surface area contributed by atoms with Gasteiger partial charge in [-0.1, -0.05) is 13.8 Å². The van der Waals surface area contributed by atoms with Crippen molar-refractivity contribution >= 4 is 0 Å². The molecule has 0 spiro atoms. The van der Waals surface area contributed by atoms with Crippen LogP contribution in [0.5, 0.6) is 0 Å². The Balaban J connectivity index is 1.99. The number of rotatable bonds is 2. The van der Waals surface area contributed by atoms with Gasteiger partial charge in [-0.25, -0.2) is 0 Å². The highest BCUT2D eigenvalue weighted by molar-refractivity contribution is 5.06. The summed E-state index contributed by atoms with van der Waals surface area (Å²) in [4.78, 5) is 2.60. The van der Waals surface area contributed by atoms with Gasteiger partial charge >= 0.3 is 0 Å². The summed E-state index contributed by atoms with van der Waals surface area (Å²) in [6, 6.07) is 0. The third kappa shape index (κ3) is 0.944. The highest BCUT2D eigenvalue weighted by Gasteiger charge is 2.50. The summed E-state index contributed by atoms with van der Waals surface area (Å²) in [5.74, 6) is 1.73. The van der Waals surface area contributed by atoms with Crippen molar-refractivity contribution in [3.63, 3.8) is 0 Å². The topological polar surface area (TPSA) is 29.3 Å². The molecule has 2 aliphatic rings. The largest absolute Gasteiger partial charge is 0.329 e. The highest BCUT2D eigenvalue weighted by atomic mass is 15.3. The van der Waals surface area contributed by atoms with E-state index in [0.29, 0.717) is 5.54 Å². The van der Waals surface area contributed by atoms with Gasteiger partial charge in [0, 0.05) is 25.2 Å². The zero-order chi connectivity index (χ0) is 8.77. The summed E-state index contributed by atoms with van der Waals surface area (Å²) in [5.41, 5.74) is 6.28. The fourth-order valence-electron chi connectivity index (χ4n) is 2.73. The molecule has 2 nitrogen and oxygen atoms in total. The van der Waals surface area contributed by atoms with Crippen LogP contribution in [0, 0.1) is 11.8 Å². The Morgan fingerprint density at radius 3 is 2.33 bits per heavy atom. The number of nitrogens with zero attached hydrogens (tertiary/aromatic N) is 1. The van der Waals surface area contributed by atoms with Gasteiger partial charge in [0.05, 0.1) is 0 Å². The summed E-state index contributed by atoms with van der Waals surface area (Å²) < 4.78 is 0. The monoisotopic (exact) mass is 168 g/mol. The zero-order valence-corrected chi connectivity index (χ0v) is 8.21. The first-order valence-electron chi connectivity index (χ1n) is 5.14. The number of nitrogens with two attached hydrogens (primary N) is 1. The summed E-state index contributed by atoms with van der Waals surface area (Å²) in [7, 11) is 0. The second kappa shape index (κ2) is 2.71. The molecule has 2 fully saturated rings. The van der Waals surface area contributed by atoms with Crippen molar-refractivity contribution in [3.05, 3.63) is 0 Å². The first-order valence-corrected chi connectivity index (χ1v) is 5.14. The van der Waals surface area contributed by atoms with E-state index in [2.05, 4.69) is 18.7 Å². The first kappa shape index (κ1) is 8.52. The van der Waals surface area contributed by atoms with Crippen molar-refractivity contribution in [3.8, 4) is 0 Å². The fraction of sp³-hybridized carbons (Fsp3) is 1.00. The predicted molar refractivity (Wildman–Crippen MR) is 50.9 cm³/mol. The lowest BCUT2D eigenvalue weighted by Crippen LogP contribution is -2.69. The highest BCUT2D eigenvalue weighted by Crippen LogP contribution is 2.45. The lowest BCUT2D eigenvalue weighted by Gasteiger charge is -2.60. The van der Waals surface area contributed by atoms with Gasteiger partial charge in [0.2, 0.25) is 0 Å². The van der Waals surface area contributed by atoms with Gasteiger partial charge < -0.3 is 5.73 Å². The van der Waals surface area contributed by atoms with Gasteiger partial charge in [-0.15, -0.1) is 0 Å². The molecule has 2 atom stereocenters. The molecule has 1 aliphatic heterocycles. The second-order valence-electron chi connectivity index (χ2n) is 4.76. The minimum atomic E-state index is 0.409. The van der Waals surface area contributed by atoms with Crippen molar-refractivity contribution in [1.82, 2.24) is 4.90 Å². The molecule has 2 N–H and O–H groups in total. The third-order valence-electron chi connectivity index (χ3n) is 3.97. The van der Waals surface area contributed by atoms with Gasteiger partial charge in [-0.2, -0.15) is 0 Å². The van der Waals surface area contributed by atoms with Crippen molar-refractivity contribution in [2.24, 2.45) is 17.6 Å². The standard InChI is InChI=1S/C10H20N2/c1-8-5-12(6-8)10(7-11)4-3-9(10)2/h8-9H,3-7,11H2,1-2H3. The van der Waals surface area contributed by atoms with Crippen LogP contribution in [0.3, 0.4) is 0 Å². The van der Waals surface area contributed by atoms with E-state index in [0.717, 1.165) is 18.4 Å². The smallest absolute Gasteiger partial charge is 0.0357 e. The van der Waals surface area contributed by atoms with Gasteiger partial charge in [0.1, 0.15) is 0 Å². The summed E-state index contributed by atoms with van der Waals surface area (Å²) in [6.45, 7) is 8.09. The zero-order valence-electron chi connectivity index (χ0n) is 8.21. The summed E-state index contributed by atoms with van der Waals surface area (Å²) in [6.07, 6.45) is 2.71. The average Bonchev–Trinajstić information content (AvgIpc) is 2.01. The Morgan fingerprint density at radius 2 is 2.08 bits per heavy atom. The van der Waals surface area contributed by atoms with E-state index in [9.17, 15) is 0 Å². The maximum atomic E-state index is 5.87. The molecule has 70 valence electrons. The van der Waals surface area contributed by atoms with E-state index < -0.39 is 0 Å². The molecular formula is C10H20N2. The molecule has 0 aromatic heterocycles. The molecule has 1 heterocycles. The van der Waals surface area contributed by atoms with Crippen LogP contribution < -0.4 is 5.73 Å². The molecule has 0 amide bonds. The predicted octanol–water partition coefficient (Wildman–Crippen LogP) is 1.07. The lowest BCUT2D eigenvalue weighted by atomic mass is 9.65. The van der Waals surface area contributed by atoms with Crippen LogP contribution >= 0.6 is 0 Å². The van der Waals surface area contributed by atoms with E-state index in [4.69, 9.17) is 5.73 Å². The molecule has 0 aromatic carbocycles. The maximum Gasteiger partial charge on any atom is 0.0357 e. The quantitative estimate of drug-likeness (QED) is 0.668. The van der Waals surface area contributed by atoms with Crippen molar-refractivity contribution in [1.29, 1.82) is 0 Å². The molecule has 1 saturated carbocycles. The van der Waals surface area contributed by atoms with Gasteiger partial charge in [0.25, 0.3) is 0 Å². The average molecular weight is 168 g/mol. The van der Waals surface area contributed by atoms with E-state index in [1.807, 2.05) is 0 Å².